The molecule has 1 unspecified atom stereocenters. The number of ketones is 1. The molecule has 0 aliphatic carbocycles. The van der Waals surface area contributed by atoms with E-state index in [0.29, 0.717) is 27.6 Å². The number of amides is 1. The highest BCUT2D eigenvalue weighted by Crippen LogP contribution is 2.42. The van der Waals surface area contributed by atoms with Gasteiger partial charge in [-0.25, -0.2) is 0 Å². The van der Waals surface area contributed by atoms with E-state index in [4.69, 9.17) is 16.3 Å². The predicted molar refractivity (Wildman–Crippen MR) is 120 cm³/mol. The Bertz CT molecular complexity index is 1170. The van der Waals surface area contributed by atoms with Crippen LogP contribution in [0.5, 0.6) is 5.75 Å². The third kappa shape index (κ3) is 3.80. The molecule has 0 aromatic heterocycles. The number of aliphatic hydroxyl groups excluding tert-OH is 1. The van der Waals surface area contributed by atoms with E-state index in [1.54, 1.807) is 67.8 Å². The summed E-state index contributed by atoms with van der Waals surface area (Å²) in [6, 6.07) is 20.1. The zero-order valence-corrected chi connectivity index (χ0v) is 17.8. The molecule has 1 saturated heterocycles. The highest BCUT2D eigenvalue weighted by Gasteiger charge is 2.46. The number of anilines is 1. The number of methoxy groups -OCH3 is 1. The molecule has 0 radical (unpaired) electrons. The Morgan fingerprint density at radius 3 is 2.13 bits per heavy atom. The van der Waals surface area contributed by atoms with Crippen LogP contribution in [0.3, 0.4) is 0 Å². The Morgan fingerprint density at radius 2 is 1.55 bits per heavy atom. The Balaban J connectivity index is 1.92. The van der Waals surface area contributed by atoms with Crippen molar-refractivity contribution in [2.75, 3.05) is 12.0 Å². The molecule has 0 saturated carbocycles. The van der Waals surface area contributed by atoms with Crippen molar-refractivity contribution in [3.05, 3.63) is 100 Å². The van der Waals surface area contributed by atoms with Gasteiger partial charge in [-0.1, -0.05) is 41.4 Å². The summed E-state index contributed by atoms with van der Waals surface area (Å²) >= 11 is 5.96. The second-order valence-corrected chi connectivity index (χ2v) is 7.72. The molecule has 0 spiro atoms. The van der Waals surface area contributed by atoms with Crippen LogP contribution in [0.1, 0.15) is 22.7 Å². The molecule has 4 rings (SSSR count). The number of halogens is 1. The topological polar surface area (TPSA) is 66.8 Å². The van der Waals surface area contributed by atoms with Gasteiger partial charge in [-0.15, -0.1) is 0 Å². The fourth-order valence-electron chi connectivity index (χ4n) is 3.67. The number of aliphatic hydroxyl groups is 1. The molecule has 1 atom stereocenters. The molecular weight excluding hydrogens is 414 g/mol. The van der Waals surface area contributed by atoms with Gasteiger partial charge < -0.3 is 9.84 Å². The molecule has 1 aliphatic rings. The monoisotopic (exact) mass is 433 g/mol. The number of carbonyl (C=O) groups is 2. The number of carbonyl (C=O) groups excluding carboxylic acids is 2. The van der Waals surface area contributed by atoms with Crippen molar-refractivity contribution in [3.8, 4) is 5.75 Å². The van der Waals surface area contributed by atoms with Gasteiger partial charge in [0.2, 0.25) is 0 Å². The van der Waals surface area contributed by atoms with E-state index < -0.39 is 17.7 Å². The number of aryl methyl sites for hydroxylation is 1. The number of rotatable bonds is 4. The fourth-order valence-corrected chi connectivity index (χ4v) is 3.80. The molecule has 1 aliphatic heterocycles. The summed E-state index contributed by atoms with van der Waals surface area (Å²) in [6.45, 7) is 1.94. The van der Waals surface area contributed by atoms with Crippen LogP contribution in [0.2, 0.25) is 5.02 Å². The number of hydrogen-bond acceptors (Lipinski definition) is 4. The highest BCUT2D eigenvalue weighted by molar-refractivity contribution is 6.51. The minimum Gasteiger partial charge on any atom is -0.507 e. The molecule has 1 fully saturated rings. The van der Waals surface area contributed by atoms with Gasteiger partial charge in [-0.3, -0.25) is 14.5 Å². The third-order valence-electron chi connectivity index (χ3n) is 5.31. The summed E-state index contributed by atoms with van der Waals surface area (Å²) in [6.07, 6.45) is 0. The Labute approximate surface area is 185 Å². The molecule has 6 heteroatoms. The third-order valence-corrected chi connectivity index (χ3v) is 5.56. The molecule has 1 N–H and O–H groups in total. The number of ether oxygens (including phenoxy) is 1. The van der Waals surface area contributed by atoms with E-state index >= 15 is 0 Å². The molecule has 1 heterocycles. The normalized spacial score (nSPS) is 17.8. The maximum atomic E-state index is 13.1. The van der Waals surface area contributed by atoms with Crippen molar-refractivity contribution < 1.29 is 19.4 Å². The van der Waals surface area contributed by atoms with E-state index in [2.05, 4.69) is 0 Å². The number of benzene rings is 3. The summed E-state index contributed by atoms with van der Waals surface area (Å²) in [5.41, 5.74) is 2.71. The van der Waals surface area contributed by atoms with Gasteiger partial charge in [0.1, 0.15) is 11.5 Å². The molecule has 3 aromatic rings. The van der Waals surface area contributed by atoms with Crippen LogP contribution in [0, 0.1) is 6.92 Å². The standard InChI is InChI=1S/C25H20ClNO4/c1-15-3-11-19(12-4-15)27-22(16-7-13-20(31-2)14-8-16)21(24(29)25(27)30)23(28)17-5-9-18(26)10-6-17/h3-14,22,28H,1-2H3/b23-21+. The second-order valence-electron chi connectivity index (χ2n) is 7.28. The van der Waals surface area contributed by atoms with Crippen molar-refractivity contribution in [2.45, 2.75) is 13.0 Å². The summed E-state index contributed by atoms with van der Waals surface area (Å²) in [5, 5.41) is 11.6. The van der Waals surface area contributed by atoms with E-state index in [-0.39, 0.29) is 11.3 Å². The summed E-state index contributed by atoms with van der Waals surface area (Å²) < 4.78 is 5.23. The average molecular weight is 434 g/mol. The first kappa shape index (κ1) is 20.7. The molecule has 5 nitrogen and oxygen atoms in total. The van der Waals surface area contributed by atoms with Crippen LogP contribution in [0.25, 0.3) is 5.76 Å². The zero-order valence-electron chi connectivity index (χ0n) is 17.0. The van der Waals surface area contributed by atoms with Crippen molar-refractivity contribution in [3.63, 3.8) is 0 Å². The number of Topliss-reactive ketones (excluding diaryl/α,β-unsaturated/α-hetero) is 1. The maximum Gasteiger partial charge on any atom is 0.300 e. The fraction of sp³-hybridized carbons (Fsp3) is 0.120. The molecule has 0 bridgehead atoms. The van der Waals surface area contributed by atoms with Gasteiger partial charge in [0.25, 0.3) is 11.7 Å². The van der Waals surface area contributed by atoms with Crippen LogP contribution in [0.4, 0.5) is 5.69 Å². The first-order valence-corrected chi connectivity index (χ1v) is 10.1. The van der Waals surface area contributed by atoms with Crippen LogP contribution in [-0.2, 0) is 9.59 Å². The van der Waals surface area contributed by atoms with E-state index in [1.165, 1.54) is 4.90 Å². The Hall–Kier alpha value is -3.57. The lowest BCUT2D eigenvalue weighted by molar-refractivity contribution is -0.132. The predicted octanol–water partition coefficient (Wildman–Crippen LogP) is 5.28. The van der Waals surface area contributed by atoms with Crippen molar-refractivity contribution in [1.82, 2.24) is 0 Å². The summed E-state index contributed by atoms with van der Waals surface area (Å²) in [4.78, 5) is 27.6. The molecule has 31 heavy (non-hydrogen) atoms. The van der Waals surface area contributed by atoms with Gasteiger partial charge in [-0.05, 0) is 61.0 Å². The van der Waals surface area contributed by atoms with Crippen LogP contribution in [0.15, 0.2) is 78.4 Å². The van der Waals surface area contributed by atoms with E-state index in [9.17, 15) is 14.7 Å². The number of hydrogen-bond donors (Lipinski definition) is 1. The van der Waals surface area contributed by atoms with Crippen LogP contribution in [-0.4, -0.2) is 23.9 Å². The molecule has 156 valence electrons. The Kier molecular flexibility index (Phi) is 5.53. The lowest BCUT2D eigenvalue weighted by atomic mass is 9.95. The average Bonchev–Trinajstić information content (AvgIpc) is 3.05. The van der Waals surface area contributed by atoms with Gasteiger partial charge in [-0.2, -0.15) is 0 Å². The lowest BCUT2D eigenvalue weighted by Gasteiger charge is -2.25. The SMILES string of the molecule is COc1ccc(C2/C(=C(\O)c3ccc(Cl)cc3)C(=O)C(=O)N2c2ccc(C)cc2)cc1. The largest absolute Gasteiger partial charge is 0.507 e. The zero-order chi connectivity index (χ0) is 22.1. The molecule has 1 amide bonds. The first-order valence-electron chi connectivity index (χ1n) is 9.68. The van der Waals surface area contributed by atoms with Crippen LogP contribution >= 0.6 is 11.6 Å². The van der Waals surface area contributed by atoms with E-state index in [0.717, 1.165) is 5.56 Å². The smallest absolute Gasteiger partial charge is 0.300 e. The van der Waals surface area contributed by atoms with Gasteiger partial charge in [0, 0.05) is 16.3 Å². The van der Waals surface area contributed by atoms with Gasteiger partial charge in [0.15, 0.2) is 0 Å². The van der Waals surface area contributed by atoms with Gasteiger partial charge >= 0.3 is 0 Å². The van der Waals surface area contributed by atoms with Crippen LogP contribution < -0.4 is 9.64 Å². The minimum atomic E-state index is -0.788. The van der Waals surface area contributed by atoms with Crippen molar-refractivity contribution >= 4 is 34.7 Å². The quantitative estimate of drug-likeness (QED) is 0.345. The molecule has 3 aromatic carbocycles. The highest BCUT2D eigenvalue weighted by atomic mass is 35.5. The minimum absolute atomic E-state index is 0.0260. The Morgan fingerprint density at radius 1 is 0.935 bits per heavy atom. The van der Waals surface area contributed by atoms with E-state index in [1.807, 2.05) is 19.1 Å². The summed E-state index contributed by atoms with van der Waals surface area (Å²) in [5.74, 6) is -1.03. The number of nitrogens with zero attached hydrogens (tertiary/aromatic N) is 1. The van der Waals surface area contributed by atoms with Crippen molar-refractivity contribution in [2.24, 2.45) is 0 Å². The summed E-state index contributed by atoms with van der Waals surface area (Å²) in [7, 11) is 1.56. The lowest BCUT2D eigenvalue weighted by Crippen LogP contribution is -2.29. The van der Waals surface area contributed by atoms with Gasteiger partial charge in [0.05, 0.1) is 18.7 Å². The van der Waals surface area contributed by atoms with Crippen molar-refractivity contribution in [1.29, 1.82) is 0 Å². The first-order chi connectivity index (χ1) is 14.9. The second kappa shape index (κ2) is 8.28. The maximum absolute atomic E-state index is 13.1. The molecular formula is C25H20ClNO4.